The topological polar surface area (TPSA) is 80.7 Å². The largest absolute Gasteiger partial charge is 0.444 e. The van der Waals surface area contributed by atoms with E-state index in [9.17, 15) is 9.90 Å². The van der Waals surface area contributed by atoms with E-state index >= 15 is 0 Å². The van der Waals surface area contributed by atoms with Gasteiger partial charge < -0.3 is 19.6 Å². The summed E-state index contributed by atoms with van der Waals surface area (Å²) in [5, 5.41) is 14.0. The fourth-order valence-corrected chi connectivity index (χ4v) is 4.08. The van der Waals surface area contributed by atoms with Crippen molar-refractivity contribution in [2.75, 3.05) is 6.54 Å². The predicted molar refractivity (Wildman–Crippen MR) is 120 cm³/mol. The van der Waals surface area contributed by atoms with Gasteiger partial charge in [0.15, 0.2) is 8.32 Å². The number of aliphatic hydroxyl groups is 1. The molecule has 0 spiro atoms. The van der Waals surface area contributed by atoms with E-state index < -0.39 is 32.2 Å². The quantitative estimate of drug-likeness (QED) is 0.503. The smallest absolute Gasteiger partial charge is 0.407 e. The highest BCUT2D eigenvalue weighted by atomic mass is 35.5. The maximum absolute atomic E-state index is 12.1. The molecule has 166 valence electrons. The van der Waals surface area contributed by atoms with Crippen LogP contribution in [0.3, 0.4) is 0 Å². The van der Waals surface area contributed by atoms with Gasteiger partial charge in [0.05, 0.1) is 22.3 Å². The molecule has 0 saturated carbocycles. The van der Waals surface area contributed by atoms with Crippen LogP contribution in [-0.4, -0.2) is 42.8 Å². The van der Waals surface area contributed by atoms with Gasteiger partial charge in [0, 0.05) is 30.9 Å². The Hall–Kier alpha value is -0.863. The van der Waals surface area contributed by atoms with E-state index in [1.807, 2.05) is 0 Å². The molecule has 1 amide bonds. The van der Waals surface area contributed by atoms with E-state index in [2.05, 4.69) is 44.2 Å². The molecule has 0 aromatic carbocycles. The van der Waals surface area contributed by atoms with Crippen LogP contribution in [0.5, 0.6) is 0 Å². The number of hydrogen-bond acceptors (Lipinski definition) is 5. The Bertz CT molecular complexity index is 703. The fraction of sp³-hybridized carbons (Fsp3) is 0.700. The molecule has 1 heterocycles. The second-order valence-electron chi connectivity index (χ2n) is 9.66. The van der Waals surface area contributed by atoms with Crippen LogP contribution in [0.2, 0.25) is 28.2 Å². The number of alkyl carbamates (subject to hydrolysis) is 1. The Morgan fingerprint density at radius 2 is 1.79 bits per heavy atom. The zero-order valence-corrected chi connectivity index (χ0v) is 21.1. The first-order valence-corrected chi connectivity index (χ1v) is 13.3. The predicted octanol–water partition coefficient (Wildman–Crippen LogP) is 5.73. The van der Waals surface area contributed by atoms with E-state index in [4.69, 9.17) is 32.4 Å². The van der Waals surface area contributed by atoms with E-state index in [1.54, 1.807) is 20.8 Å². The molecule has 0 aliphatic heterocycles. The van der Waals surface area contributed by atoms with Gasteiger partial charge in [-0.1, -0.05) is 44.0 Å². The number of halogens is 2. The molecule has 2 N–H and O–H groups in total. The Balaban J connectivity index is 2.97. The maximum atomic E-state index is 12.1. The molecule has 0 aliphatic carbocycles. The number of carbonyl (C=O) groups is 1. The molecule has 0 unspecified atom stereocenters. The van der Waals surface area contributed by atoms with Crippen LogP contribution in [0.4, 0.5) is 4.79 Å². The van der Waals surface area contributed by atoms with Gasteiger partial charge in [0.2, 0.25) is 0 Å². The van der Waals surface area contributed by atoms with Crippen LogP contribution in [0.1, 0.15) is 59.6 Å². The molecular formula is C20H34Cl2N2O4Si. The van der Waals surface area contributed by atoms with Gasteiger partial charge in [-0.05, 0) is 38.9 Å². The lowest BCUT2D eigenvalue weighted by molar-refractivity contribution is 0.0453. The lowest BCUT2D eigenvalue weighted by atomic mass is 10.1. The van der Waals surface area contributed by atoms with Crippen LogP contribution in [0, 0.1) is 0 Å². The summed E-state index contributed by atoms with van der Waals surface area (Å²) in [4.78, 5) is 16.1. The zero-order chi connectivity index (χ0) is 22.6. The highest BCUT2D eigenvalue weighted by Crippen LogP contribution is 2.38. The third-order valence-electron chi connectivity index (χ3n) is 4.85. The van der Waals surface area contributed by atoms with E-state index in [0.29, 0.717) is 5.56 Å². The summed E-state index contributed by atoms with van der Waals surface area (Å²) < 4.78 is 11.8. The molecule has 9 heteroatoms. The molecule has 0 fully saturated rings. The summed E-state index contributed by atoms with van der Waals surface area (Å²) in [6.45, 7) is 16.2. The van der Waals surface area contributed by atoms with Crippen molar-refractivity contribution in [3.8, 4) is 0 Å². The SMILES string of the molecule is CC(C)(C)OC(=O)NC[C@@H](C[C@H](O)c1cncc(Cl)c1Cl)O[Si](C)(C)C(C)(C)C. The van der Waals surface area contributed by atoms with Crippen LogP contribution < -0.4 is 5.32 Å². The van der Waals surface area contributed by atoms with Gasteiger partial charge in [0.1, 0.15) is 5.60 Å². The minimum atomic E-state index is -2.16. The maximum Gasteiger partial charge on any atom is 0.407 e. The van der Waals surface area contributed by atoms with Crippen molar-refractivity contribution >= 4 is 37.6 Å². The Kier molecular flexibility index (Phi) is 8.99. The van der Waals surface area contributed by atoms with Crippen LogP contribution in [0.25, 0.3) is 0 Å². The third-order valence-corrected chi connectivity index (χ3v) is 10.2. The molecule has 0 saturated heterocycles. The molecular weight excluding hydrogens is 431 g/mol. The lowest BCUT2D eigenvalue weighted by Gasteiger charge is -2.40. The molecule has 2 atom stereocenters. The number of hydrogen-bond donors (Lipinski definition) is 2. The Morgan fingerprint density at radius 1 is 1.21 bits per heavy atom. The van der Waals surface area contributed by atoms with Gasteiger partial charge in [-0.3, -0.25) is 4.98 Å². The average molecular weight is 465 g/mol. The van der Waals surface area contributed by atoms with Crippen molar-refractivity contribution in [2.45, 2.75) is 83.9 Å². The summed E-state index contributed by atoms with van der Waals surface area (Å²) in [5.74, 6) is 0. The number of aromatic nitrogens is 1. The molecule has 1 aromatic rings. The molecule has 1 rings (SSSR count). The van der Waals surface area contributed by atoms with E-state index in [-0.39, 0.29) is 28.0 Å². The number of ether oxygens (including phenoxy) is 1. The summed E-state index contributed by atoms with van der Waals surface area (Å²) in [7, 11) is -2.16. The lowest BCUT2D eigenvalue weighted by Crippen LogP contribution is -2.47. The summed E-state index contributed by atoms with van der Waals surface area (Å²) in [6.07, 6.45) is 1.23. The molecule has 29 heavy (non-hydrogen) atoms. The number of amides is 1. The number of nitrogens with one attached hydrogen (secondary N) is 1. The molecule has 0 aliphatic rings. The van der Waals surface area contributed by atoms with Crippen LogP contribution >= 0.6 is 23.2 Å². The first kappa shape index (κ1) is 26.2. The number of carbonyl (C=O) groups excluding carboxylic acids is 1. The number of nitrogens with zero attached hydrogens (tertiary/aromatic N) is 1. The van der Waals surface area contributed by atoms with Gasteiger partial charge in [-0.25, -0.2) is 4.79 Å². The van der Waals surface area contributed by atoms with Crippen molar-refractivity contribution in [2.24, 2.45) is 0 Å². The van der Waals surface area contributed by atoms with Crippen molar-refractivity contribution < 1.29 is 19.1 Å². The number of aliphatic hydroxyl groups excluding tert-OH is 1. The first-order valence-electron chi connectivity index (χ1n) is 9.65. The Labute approximate surface area is 185 Å². The average Bonchev–Trinajstić information content (AvgIpc) is 2.52. The molecule has 1 aromatic heterocycles. The van der Waals surface area contributed by atoms with E-state index in [0.717, 1.165) is 0 Å². The summed E-state index contributed by atoms with van der Waals surface area (Å²) >= 11 is 12.2. The van der Waals surface area contributed by atoms with Gasteiger partial charge in [0.25, 0.3) is 0 Å². The first-order chi connectivity index (χ1) is 13.0. The standard InChI is InChI=1S/C20H34Cl2N2O4Si/c1-19(2,3)27-18(26)24-10-13(28-29(7,8)20(4,5)6)9-16(25)14-11-23-12-15(21)17(14)22/h11-13,16,25H,9-10H2,1-8H3,(H,24,26)/t13-,16+/m1/s1. The van der Waals surface area contributed by atoms with Gasteiger partial charge in [-0.15, -0.1) is 0 Å². The monoisotopic (exact) mass is 464 g/mol. The minimum absolute atomic E-state index is 0.0304. The minimum Gasteiger partial charge on any atom is -0.444 e. The zero-order valence-electron chi connectivity index (χ0n) is 18.6. The van der Waals surface area contributed by atoms with Gasteiger partial charge in [-0.2, -0.15) is 0 Å². The second-order valence-corrected chi connectivity index (χ2v) is 15.2. The van der Waals surface area contributed by atoms with Crippen molar-refractivity contribution in [3.05, 3.63) is 28.0 Å². The van der Waals surface area contributed by atoms with Crippen molar-refractivity contribution in [1.29, 1.82) is 0 Å². The van der Waals surface area contributed by atoms with Crippen molar-refractivity contribution in [3.63, 3.8) is 0 Å². The number of pyridine rings is 1. The van der Waals surface area contributed by atoms with Crippen LogP contribution in [0.15, 0.2) is 12.4 Å². The molecule has 6 nitrogen and oxygen atoms in total. The highest BCUT2D eigenvalue weighted by molar-refractivity contribution is 6.74. The highest BCUT2D eigenvalue weighted by Gasteiger charge is 2.39. The second kappa shape index (κ2) is 9.96. The fourth-order valence-electron chi connectivity index (χ4n) is 2.32. The molecule has 0 radical (unpaired) electrons. The van der Waals surface area contributed by atoms with E-state index in [1.165, 1.54) is 12.4 Å². The van der Waals surface area contributed by atoms with Crippen molar-refractivity contribution in [1.82, 2.24) is 10.3 Å². The Morgan fingerprint density at radius 3 is 2.31 bits per heavy atom. The number of rotatable bonds is 7. The normalized spacial score (nSPS) is 15.0. The summed E-state index contributed by atoms with van der Waals surface area (Å²) in [6, 6.07) is 0. The molecule has 0 bridgehead atoms. The van der Waals surface area contributed by atoms with Crippen LogP contribution in [-0.2, 0) is 9.16 Å². The van der Waals surface area contributed by atoms with Gasteiger partial charge >= 0.3 is 6.09 Å². The summed E-state index contributed by atoms with van der Waals surface area (Å²) in [5.41, 5.74) is -0.167. The third kappa shape index (κ3) is 8.42.